The number of carbonyl (C=O) groups excluding carboxylic acids is 1. The first-order valence-electron chi connectivity index (χ1n) is 5.94. The van der Waals surface area contributed by atoms with E-state index in [0.29, 0.717) is 6.04 Å². The number of carbonyl (C=O) groups is 1. The van der Waals surface area contributed by atoms with Gasteiger partial charge in [0, 0.05) is 19.3 Å². The van der Waals surface area contributed by atoms with E-state index in [4.69, 9.17) is 0 Å². The van der Waals surface area contributed by atoms with Crippen LogP contribution in [0.3, 0.4) is 0 Å². The topological polar surface area (TPSA) is 38.8 Å². The highest BCUT2D eigenvalue weighted by Gasteiger charge is 2.39. The lowest BCUT2D eigenvalue weighted by molar-refractivity contribution is -0.127. The highest BCUT2D eigenvalue weighted by atomic mass is 16.2. The minimum Gasteiger partial charge on any atom is -0.361 e. The molecule has 0 bridgehead atoms. The number of amides is 1. The fourth-order valence-corrected chi connectivity index (χ4v) is 2.78. The van der Waals surface area contributed by atoms with Gasteiger partial charge in [-0.3, -0.25) is 4.79 Å². The number of nitrogens with zero attached hydrogens (tertiary/aromatic N) is 3. The lowest BCUT2D eigenvalue weighted by Gasteiger charge is -2.31. The summed E-state index contributed by atoms with van der Waals surface area (Å²) in [5.41, 5.74) is 0.876. The molecule has 0 aliphatic carbocycles. The van der Waals surface area contributed by atoms with Crippen LogP contribution in [0.4, 0.5) is 0 Å². The second-order valence-electron chi connectivity index (χ2n) is 4.85. The van der Waals surface area contributed by atoms with Gasteiger partial charge in [0.2, 0.25) is 0 Å². The van der Waals surface area contributed by atoms with Crippen molar-refractivity contribution in [1.29, 1.82) is 0 Å². The Morgan fingerprint density at radius 3 is 2.75 bits per heavy atom. The van der Waals surface area contributed by atoms with Crippen LogP contribution in [0, 0.1) is 0 Å². The molecular formula is C11H18N4O. The average Bonchev–Trinajstić information content (AvgIpc) is 2.79. The van der Waals surface area contributed by atoms with Gasteiger partial charge in [0.1, 0.15) is 5.70 Å². The van der Waals surface area contributed by atoms with Crippen molar-refractivity contribution in [1.82, 2.24) is 20.0 Å². The number of hydrogen-bond donors (Lipinski definition) is 1. The van der Waals surface area contributed by atoms with Gasteiger partial charge >= 0.3 is 0 Å². The SMILES string of the molecule is CN1C=C2C(=O)N(C3CCNCC3)CN2C1. The first kappa shape index (κ1) is 9.96. The molecule has 3 rings (SSSR count). The lowest BCUT2D eigenvalue weighted by Crippen LogP contribution is -2.45. The van der Waals surface area contributed by atoms with E-state index in [1.54, 1.807) is 0 Å². The molecule has 1 amide bonds. The Morgan fingerprint density at radius 1 is 1.31 bits per heavy atom. The Hall–Kier alpha value is -1.23. The number of hydrogen-bond acceptors (Lipinski definition) is 4. The van der Waals surface area contributed by atoms with Crippen molar-refractivity contribution in [2.24, 2.45) is 0 Å². The third-order valence-corrected chi connectivity index (χ3v) is 3.63. The van der Waals surface area contributed by atoms with Gasteiger partial charge in [-0.05, 0) is 25.9 Å². The van der Waals surface area contributed by atoms with Crippen LogP contribution >= 0.6 is 0 Å². The normalized spacial score (nSPS) is 26.4. The Kier molecular flexibility index (Phi) is 2.28. The van der Waals surface area contributed by atoms with Crippen molar-refractivity contribution < 1.29 is 4.79 Å². The third-order valence-electron chi connectivity index (χ3n) is 3.63. The molecule has 5 nitrogen and oxygen atoms in total. The second kappa shape index (κ2) is 3.66. The molecule has 0 radical (unpaired) electrons. The van der Waals surface area contributed by atoms with E-state index in [1.807, 2.05) is 18.1 Å². The van der Waals surface area contributed by atoms with E-state index in [-0.39, 0.29) is 5.91 Å². The molecule has 0 saturated carbocycles. The van der Waals surface area contributed by atoms with Crippen molar-refractivity contribution in [2.45, 2.75) is 18.9 Å². The first-order chi connectivity index (χ1) is 7.75. The standard InChI is InChI=1S/C11H18N4O/c1-13-6-10-11(16)15(8-14(10)7-13)9-2-4-12-5-3-9/h6,9,12H,2-5,7-8H2,1H3. The van der Waals surface area contributed by atoms with Gasteiger partial charge in [-0.15, -0.1) is 0 Å². The van der Waals surface area contributed by atoms with Crippen LogP contribution in [0.1, 0.15) is 12.8 Å². The molecule has 3 aliphatic rings. The minimum absolute atomic E-state index is 0.219. The molecule has 0 aromatic rings. The maximum atomic E-state index is 12.2. The van der Waals surface area contributed by atoms with E-state index < -0.39 is 0 Å². The summed E-state index contributed by atoms with van der Waals surface area (Å²) in [6, 6.07) is 0.436. The maximum Gasteiger partial charge on any atom is 0.273 e. The summed E-state index contributed by atoms with van der Waals surface area (Å²) in [6.45, 7) is 3.70. The Morgan fingerprint density at radius 2 is 2.06 bits per heavy atom. The van der Waals surface area contributed by atoms with E-state index in [9.17, 15) is 4.79 Å². The zero-order chi connectivity index (χ0) is 11.1. The van der Waals surface area contributed by atoms with Gasteiger partial charge in [0.25, 0.3) is 5.91 Å². The quantitative estimate of drug-likeness (QED) is 0.654. The summed E-state index contributed by atoms with van der Waals surface area (Å²) in [6.07, 6.45) is 4.13. The summed E-state index contributed by atoms with van der Waals surface area (Å²) in [5.74, 6) is 0.219. The van der Waals surface area contributed by atoms with Crippen molar-refractivity contribution >= 4 is 5.91 Å². The Labute approximate surface area is 95.7 Å². The van der Waals surface area contributed by atoms with Crippen LogP contribution in [0.5, 0.6) is 0 Å². The molecule has 2 saturated heterocycles. The first-order valence-corrected chi connectivity index (χ1v) is 5.94. The van der Waals surface area contributed by atoms with E-state index in [1.165, 1.54) is 0 Å². The van der Waals surface area contributed by atoms with Crippen molar-refractivity contribution in [3.8, 4) is 0 Å². The monoisotopic (exact) mass is 222 g/mol. The fraction of sp³-hybridized carbons (Fsp3) is 0.727. The van der Waals surface area contributed by atoms with Crippen LogP contribution in [0.25, 0.3) is 0 Å². The van der Waals surface area contributed by atoms with Crippen LogP contribution in [-0.4, -0.2) is 60.1 Å². The molecule has 88 valence electrons. The molecule has 2 fully saturated rings. The van der Waals surface area contributed by atoms with E-state index in [0.717, 1.165) is 45.0 Å². The van der Waals surface area contributed by atoms with Gasteiger partial charge in [-0.25, -0.2) is 0 Å². The fourth-order valence-electron chi connectivity index (χ4n) is 2.78. The Bertz CT molecular complexity index is 335. The van der Waals surface area contributed by atoms with Gasteiger partial charge in [-0.1, -0.05) is 0 Å². The molecule has 0 aromatic heterocycles. The molecule has 0 spiro atoms. The smallest absolute Gasteiger partial charge is 0.273 e. The van der Waals surface area contributed by atoms with Crippen molar-refractivity contribution in [3.63, 3.8) is 0 Å². The van der Waals surface area contributed by atoms with Crippen LogP contribution in [0.15, 0.2) is 11.9 Å². The molecule has 0 aromatic carbocycles. The minimum atomic E-state index is 0.219. The predicted molar refractivity (Wildman–Crippen MR) is 60.2 cm³/mol. The molecule has 0 unspecified atom stereocenters. The zero-order valence-corrected chi connectivity index (χ0v) is 9.65. The van der Waals surface area contributed by atoms with Gasteiger partial charge < -0.3 is 20.0 Å². The number of rotatable bonds is 1. The van der Waals surface area contributed by atoms with Gasteiger partial charge in [0.15, 0.2) is 0 Å². The number of piperidine rings is 1. The van der Waals surface area contributed by atoms with Crippen LogP contribution in [-0.2, 0) is 4.79 Å². The summed E-state index contributed by atoms with van der Waals surface area (Å²) < 4.78 is 0. The maximum absolute atomic E-state index is 12.2. The molecule has 0 atom stereocenters. The predicted octanol–water partition coefficient (Wildman–Crippen LogP) is -0.416. The molecule has 3 aliphatic heterocycles. The van der Waals surface area contributed by atoms with Crippen molar-refractivity contribution in [2.75, 3.05) is 33.5 Å². The highest BCUT2D eigenvalue weighted by Crippen LogP contribution is 2.27. The largest absolute Gasteiger partial charge is 0.361 e. The molecule has 16 heavy (non-hydrogen) atoms. The molecule has 1 N–H and O–H groups in total. The highest BCUT2D eigenvalue weighted by molar-refractivity contribution is 5.95. The summed E-state index contributed by atoms with van der Waals surface area (Å²) in [4.78, 5) is 18.5. The second-order valence-corrected chi connectivity index (χ2v) is 4.85. The van der Waals surface area contributed by atoms with Crippen LogP contribution < -0.4 is 5.32 Å². The van der Waals surface area contributed by atoms with E-state index >= 15 is 0 Å². The number of nitrogens with one attached hydrogen (secondary N) is 1. The van der Waals surface area contributed by atoms with Gasteiger partial charge in [-0.2, -0.15) is 0 Å². The zero-order valence-electron chi connectivity index (χ0n) is 9.65. The number of fused-ring (bicyclic) bond motifs is 1. The molecule has 5 heteroatoms. The van der Waals surface area contributed by atoms with Crippen LogP contribution in [0.2, 0.25) is 0 Å². The summed E-state index contributed by atoms with van der Waals surface area (Å²) in [7, 11) is 2.01. The molecule has 3 heterocycles. The average molecular weight is 222 g/mol. The van der Waals surface area contributed by atoms with Crippen molar-refractivity contribution in [3.05, 3.63) is 11.9 Å². The summed E-state index contributed by atoms with van der Waals surface area (Å²) >= 11 is 0. The molecular weight excluding hydrogens is 204 g/mol. The lowest BCUT2D eigenvalue weighted by atomic mass is 10.1. The van der Waals surface area contributed by atoms with Gasteiger partial charge in [0.05, 0.1) is 13.3 Å². The van der Waals surface area contributed by atoms with E-state index in [2.05, 4.69) is 15.1 Å². The third kappa shape index (κ3) is 1.46. The summed E-state index contributed by atoms with van der Waals surface area (Å²) in [5, 5.41) is 3.34. The Balaban J connectivity index is 1.75.